The van der Waals surface area contributed by atoms with Gasteiger partial charge in [-0.1, -0.05) is 18.2 Å². The van der Waals surface area contributed by atoms with Crippen LogP contribution in [0.2, 0.25) is 0 Å². The molecule has 2 aromatic rings. The summed E-state index contributed by atoms with van der Waals surface area (Å²) in [5.74, 6) is -0.128. The number of halogens is 1. The highest BCUT2D eigenvalue weighted by Gasteiger charge is 2.25. The Labute approximate surface area is 141 Å². The summed E-state index contributed by atoms with van der Waals surface area (Å²) in [4.78, 5) is 18.9. The minimum atomic E-state index is -0.218. The molecule has 1 atom stereocenters. The molecular formula is C19H22FN3O. The average molecular weight is 327 g/mol. The van der Waals surface area contributed by atoms with Crippen molar-refractivity contribution in [2.24, 2.45) is 5.92 Å². The van der Waals surface area contributed by atoms with Gasteiger partial charge in [0.2, 0.25) is 5.91 Å². The highest BCUT2D eigenvalue weighted by Crippen LogP contribution is 2.19. The number of hydrogen-bond donors (Lipinski definition) is 1. The number of hydrogen-bond acceptors (Lipinski definition) is 3. The number of rotatable bonds is 5. The first kappa shape index (κ1) is 16.6. The van der Waals surface area contributed by atoms with Crippen molar-refractivity contribution < 1.29 is 9.18 Å². The highest BCUT2D eigenvalue weighted by atomic mass is 19.1. The zero-order valence-corrected chi connectivity index (χ0v) is 13.6. The topological polar surface area (TPSA) is 45.2 Å². The third-order valence-corrected chi connectivity index (χ3v) is 4.37. The summed E-state index contributed by atoms with van der Waals surface area (Å²) in [6.07, 6.45) is 3.64. The molecule has 1 fully saturated rings. The molecule has 0 saturated carbocycles. The van der Waals surface area contributed by atoms with Gasteiger partial charge in [0.15, 0.2) is 0 Å². The quantitative estimate of drug-likeness (QED) is 0.918. The Hall–Kier alpha value is -2.27. The molecule has 3 rings (SSSR count). The van der Waals surface area contributed by atoms with Crippen LogP contribution in [0.15, 0.2) is 48.7 Å². The lowest BCUT2D eigenvalue weighted by molar-refractivity contribution is -0.127. The van der Waals surface area contributed by atoms with Gasteiger partial charge in [0.25, 0.3) is 0 Å². The maximum atomic E-state index is 13.0. The lowest BCUT2D eigenvalue weighted by Crippen LogP contribution is -2.42. The van der Waals surface area contributed by atoms with E-state index >= 15 is 0 Å². The zero-order valence-electron chi connectivity index (χ0n) is 13.6. The van der Waals surface area contributed by atoms with E-state index in [1.54, 1.807) is 18.3 Å². The molecule has 1 unspecified atom stereocenters. The number of carbonyl (C=O) groups is 1. The van der Waals surface area contributed by atoms with E-state index in [-0.39, 0.29) is 17.6 Å². The molecule has 126 valence electrons. The lowest BCUT2D eigenvalue weighted by Gasteiger charge is -2.32. The maximum Gasteiger partial charge on any atom is 0.224 e. The standard InChI is InChI=1S/C19H22FN3O/c20-17-8-6-15(7-9-17)13-23-11-3-4-16(14-23)19(24)22-12-18-5-1-2-10-21-18/h1-2,5-10,16H,3-4,11-14H2,(H,22,24). The van der Waals surface area contributed by atoms with E-state index in [1.807, 2.05) is 18.2 Å². The van der Waals surface area contributed by atoms with Gasteiger partial charge in [-0.05, 0) is 49.2 Å². The average Bonchev–Trinajstić information content (AvgIpc) is 2.63. The zero-order chi connectivity index (χ0) is 16.8. The summed E-state index contributed by atoms with van der Waals surface area (Å²) < 4.78 is 13.0. The van der Waals surface area contributed by atoms with E-state index in [4.69, 9.17) is 0 Å². The third kappa shape index (κ3) is 4.61. The van der Waals surface area contributed by atoms with Crippen molar-refractivity contribution in [2.45, 2.75) is 25.9 Å². The van der Waals surface area contributed by atoms with Crippen molar-refractivity contribution in [2.75, 3.05) is 13.1 Å². The predicted octanol–water partition coefficient (Wildman–Crippen LogP) is 2.75. The van der Waals surface area contributed by atoms with E-state index in [0.717, 1.165) is 43.7 Å². The largest absolute Gasteiger partial charge is 0.350 e. The first-order chi connectivity index (χ1) is 11.7. The number of nitrogens with zero attached hydrogens (tertiary/aromatic N) is 2. The van der Waals surface area contributed by atoms with Gasteiger partial charge >= 0.3 is 0 Å². The molecule has 24 heavy (non-hydrogen) atoms. The van der Waals surface area contributed by atoms with Crippen LogP contribution in [-0.4, -0.2) is 28.9 Å². The molecule has 1 aromatic carbocycles. The van der Waals surface area contributed by atoms with E-state index < -0.39 is 0 Å². The number of nitrogens with one attached hydrogen (secondary N) is 1. The maximum absolute atomic E-state index is 13.0. The Bertz CT molecular complexity index is 660. The predicted molar refractivity (Wildman–Crippen MR) is 90.5 cm³/mol. The first-order valence-corrected chi connectivity index (χ1v) is 8.35. The van der Waals surface area contributed by atoms with Crippen molar-refractivity contribution >= 4 is 5.91 Å². The Morgan fingerprint density at radius 2 is 2.08 bits per heavy atom. The fourth-order valence-corrected chi connectivity index (χ4v) is 3.09. The molecule has 0 radical (unpaired) electrons. The Kier molecular flexibility index (Phi) is 5.54. The third-order valence-electron chi connectivity index (χ3n) is 4.37. The molecule has 2 heterocycles. The van der Waals surface area contributed by atoms with Gasteiger partial charge in [-0.25, -0.2) is 4.39 Å². The minimum Gasteiger partial charge on any atom is -0.350 e. The molecule has 1 aliphatic rings. The smallest absolute Gasteiger partial charge is 0.224 e. The van der Waals surface area contributed by atoms with E-state index in [2.05, 4.69) is 15.2 Å². The van der Waals surface area contributed by atoms with Crippen molar-refractivity contribution in [3.05, 3.63) is 65.7 Å². The number of benzene rings is 1. The number of likely N-dealkylation sites (tertiary alicyclic amines) is 1. The Morgan fingerprint density at radius 1 is 1.25 bits per heavy atom. The van der Waals surface area contributed by atoms with Gasteiger partial charge < -0.3 is 5.32 Å². The second-order valence-electron chi connectivity index (χ2n) is 6.24. The van der Waals surface area contributed by atoms with Gasteiger partial charge in [0.1, 0.15) is 5.82 Å². The summed E-state index contributed by atoms with van der Waals surface area (Å²) in [5, 5.41) is 2.98. The molecule has 0 bridgehead atoms. The van der Waals surface area contributed by atoms with Crippen LogP contribution in [-0.2, 0) is 17.9 Å². The molecule has 1 aromatic heterocycles. The van der Waals surface area contributed by atoms with Crippen LogP contribution in [0.25, 0.3) is 0 Å². The summed E-state index contributed by atoms with van der Waals surface area (Å²) in [7, 11) is 0. The van der Waals surface area contributed by atoms with Crippen LogP contribution in [0.1, 0.15) is 24.1 Å². The SMILES string of the molecule is O=C(NCc1ccccn1)C1CCCN(Cc2ccc(F)cc2)C1. The fourth-order valence-electron chi connectivity index (χ4n) is 3.09. The lowest BCUT2D eigenvalue weighted by atomic mass is 9.96. The van der Waals surface area contributed by atoms with Gasteiger partial charge in [-0.2, -0.15) is 0 Å². The molecule has 1 aliphatic heterocycles. The molecule has 1 N–H and O–H groups in total. The van der Waals surface area contributed by atoms with Gasteiger partial charge in [-0.3, -0.25) is 14.7 Å². The molecular weight excluding hydrogens is 305 g/mol. The van der Waals surface area contributed by atoms with Crippen LogP contribution >= 0.6 is 0 Å². The highest BCUT2D eigenvalue weighted by molar-refractivity contribution is 5.78. The first-order valence-electron chi connectivity index (χ1n) is 8.35. The number of carbonyl (C=O) groups excluding carboxylic acids is 1. The fraction of sp³-hybridized carbons (Fsp3) is 0.368. The van der Waals surface area contributed by atoms with Crippen LogP contribution < -0.4 is 5.32 Å². The number of aromatic nitrogens is 1. The summed E-state index contributed by atoms with van der Waals surface area (Å²) >= 11 is 0. The monoisotopic (exact) mass is 327 g/mol. The molecule has 0 spiro atoms. The molecule has 1 saturated heterocycles. The number of amides is 1. The van der Waals surface area contributed by atoms with Crippen LogP contribution in [0.4, 0.5) is 4.39 Å². The van der Waals surface area contributed by atoms with Crippen molar-refractivity contribution in [1.82, 2.24) is 15.2 Å². The Balaban J connectivity index is 1.51. The van der Waals surface area contributed by atoms with E-state index in [9.17, 15) is 9.18 Å². The van der Waals surface area contributed by atoms with Crippen LogP contribution in [0.3, 0.4) is 0 Å². The summed E-state index contributed by atoms with van der Waals surface area (Å²) in [6.45, 7) is 2.94. The van der Waals surface area contributed by atoms with Crippen molar-refractivity contribution in [1.29, 1.82) is 0 Å². The van der Waals surface area contributed by atoms with Crippen molar-refractivity contribution in [3.63, 3.8) is 0 Å². The number of piperidine rings is 1. The molecule has 0 aliphatic carbocycles. The summed E-state index contributed by atoms with van der Waals surface area (Å²) in [5.41, 5.74) is 1.94. The van der Waals surface area contributed by atoms with E-state index in [1.165, 1.54) is 12.1 Å². The summed E-state index contributed by atoms with van der Waals surface area (Å²) in [6, 6.07) is 12.3. The normalized spacial score (nSPS) is 18.3. The van der Waals surface area contributed by atoms with Gasteiger partial charge in [0.05, 0.1) is 18.2 Å². The second kappa shape index (κ2) is 8.02. The molecule has 1 amide bonds. The number of pyridine rings is 1. The minimum absolute atomic E-state index is 0.00270. The van der Waals surface area contributed by atoms with Gasteiger partial charge in [-0.15, -0.1) is 0 Å². The molecule has 5 heteroatoms. The van der Waals surface area contributed by atoms with Crippen molar-refractivity contribution in [3.8, 4) is 0 Å². The van der Waals surface area contributed by atoms with Gasteiger partial charge in [0, 0.05) is 19.3 Å². The van der Waals surface area contributed by atoms with Crippen LogP contribution in [0, 0.1) is 11.7 Å². The molecule has 4 nitrogen and oxygen atoms in total. The van der Waals surface area contributed by atoms with E-state index in [0.29, 0.717) is 6.54 Å². The Morgan fingerprint density at radius 3 is 2.83 bits per heavy atom. The second-order valence-corrected chi connectivity index (χ2v) is 6.24. The van der Waals surface area contributed by atoms with Crippen LogP contribution in [0.5, 0.6) is 0 Å².